The van der Waals surface area contributed by atoms with Crippen LogP contribution in [0.5, 0.6) is 0 Å². The average Bonchev–Trinajstić information content (AvgIpc) is 3.55. The molecule has 3 aliphatic rings. The van der Waals surface area contributed by atoms with Crippen LogP contribution in [0.2, 0.25) is 0 Å². The highest BCUT2D eigenvalue weighted by Crippen LogP contribution is 2.50. The molecule has 2 aromatic carbocycles. The molecule has 2 aliphatic heterocycles. The number of anilines is 2. The molecule has 0 N–H and O–H groups in total. The Kier molecular flexibility index (Phi) is 6.09. The summed E-state index contributed by atoms with van der Waals surface area (Å²) in [6, 6.07) is 17.0. The number of hydroxylamine groups is 1. The standard InChI is InChI=1S/C29H28N2O5S/c1-3-35-29(34)22-19-14-8-10-16-21(19)37-28(22)30-26(32)23-24(18-12-5-4-6-13-18)31(36-25(23)27(30)33)20-15-9-7-11-17(20)2/h4-7,9,11-13,15,23-25H,3,8,10,14,16H2,1-2H3/t23-,24+,25+/m1/s1. The van der Waals surface area contributed by atoms with E-state index in [1.807, 2.05) is 61.5 Å². The summed E-state index contributed by atoms with van der Waals surface area (Å²) in [5, 5.41) is 2.10. The molecule has 0 radical (unpaired) electrons. The molecule has 1 aliphatic carbocycles. The van der Waals surface area contributed by atoms with E-state index in [1.165, 1.54) is 16.2 Å². The SMILES string of the molecule is CCOC(=O)c1c(N2C(=O)[C@H]3[C@H](ON(c4ccccc4C)[C@H]3c3ccccc3)C2=O)sc2c1CCCC2. The van der Waals surface area contributed by atoms with Gasteiger partial charge in [-0.2, -0.15) is 0 Å². The van der Waals surface area contributed by atoms with Crippen molar-refractivity contribution in [2.24, 2.45) is 5.92 Å². The molecule has 0 unspecified atom stereocenters. The number of rotatable bonds is 5. The number of imide groups is 1. The Morgan fingerprint density at radius 3 is 2.51 bits per heavy atom. The van der Waals surface area contributed by atoms with Crippen LogP contribution in [0.4, 0.5) is 10.7 Å². The second-order valence-corrected chi connectivity index (χ2v) is 10.7. The van der Waals surface area contributed by atoms with E-state index in [4.69, 9.17) is 9.57 Å². The Labute approximate surface area is 219 Å². The lowest BCUT2D eigenvalue weighted by atomic mass is 9.90. The highest BCUT2D eigenvalue weighted by Gasteiger charge is 2.61. The largest absolute Gasteiger partial charge is 0.462 e. The van der Waals surface area contributed by atoms with Gasteiger partial charge in [0.2, 0.25) is 5.91 Å². The summed E-state index contributed by atoms with van der Waals surface area (Å²) in [4.78, 5) is 49.7. The van der Waals surface area contributed by atoms with Gasteiger partial charge in [0.05, 0.1) is 23.9 Å². The maximum atomic E-state index is 14.1. The van der Waals surface area contributed by atoms with Crippen molar-refractivity contribution in [1.82, 2.24) is 0 Å². The van der Waals surface area contributed by atoms with Crippen molar-refractivity contribution in [2.75, 3.05) is 16.6 Å². The van der Waals surface area contributed by atoms with Crippen molar-refractivity contribution in [3.8, 4) is 0 Å². The van der Waals surface area contributed by atoms with Gasteiger partial charge in [-0.1, -0.05) is 48.5 Å². The van der Waals surface area contributed by atoms with Gasteiger partial charge in [0.15, 0.2) is 6.10 Å². The lowest BCUT2D eigenvalue weighted by molar-refractivity contribution is -0.126. The normalized spacial score (nSPS) is 22.8. The van der Waals surface area contributed by atoms with E-state index < -0.39 is 29.9 Å². The molecule has 1 aromatic heterocycles. The number of carbonyl (C=O) groups is 3. The Morgan fingerprint density at radius 1 is 1.03 bits per heavy atom. The number of benzene rings is 2. The third-order valence-electron chi connectivity index (χ3n) is 7.44. The van der Waals surface area contributed by atoms with Crippen LogP contribution in [-0.4, -0.2) is 30.5 Å². The second-order valence-electron chi connectivity index (χ2n) is 9.64. The Balaban J connectivity index is 1.45. The lowest BCUT2D eigenvalue weighted by Gasteiger charge is -2.29. The Hall–Kier alpha value is -3.49. The van der Waals surface area contributed by atoms with Gasteiger partial charge in [0.25, 0.3) is 5.91 Å². The van der Waals surface area contributed by atoms with Crippen molar-refractivity contribution in [1.29, 1.82) is 0 Å². The smallest absolute Gasteiger partial charge is 0.341 e. The summed E-state index contributed by atoms with van der Waals surface area (Å²) < 4.78 is 5.37. The molecule has 2 saturated heterocycles. The third-order valence-corrected chi connectivity index (χ3v) is 8.72. The van der Waals surface area contributed by atoms with Crippen molar-refractivity contribution in [2.45, 2.75) is 51.7 Å². The maximum Gasteiger partial charge on any atom is 0.341 e. The first-order valence-corrected chi connectivity index (χ1v) is 13.6. The molecule has 7 nitrogen and oxygen atoms in total. The van der Waals surface area contributed by atoms with E-state index in [0.717, 1.165) is 52.9 Å². The minimum absolute atomic E-state index is 0.223. The minimum Gasteiger partial charge on any atom is -0.462 e. The molecule has 37 heavy (non-hydrogen) atoms. The van der Waals surface area contributed by atoms with Gasteiger partial charge < -0.3 is 4.74 Å². The van der Waals surface area contributed by atoms with Crippen LogP contribution in [-0.2, 0) is 32.0 Å². The van der Waals surface area contributed by atoms with E-state index in [9.17, 15) is 14.4 Å². The summed E-state index contributed by atoms with van der Waals surface area (Å²) >= 11 is 1.37. The number of hydrogen-bond acceptors (Lipinski definition) is 7. The van der Waals surface area contributed by atoms with Crippen molar-refractivity contribution < 1.29 is 24.0 Å². The van der Waals surface area contributed by atoms with Gasteiger partial charge in [-0.3, -0.25) is 14.4 Å². The second kappa shape index (κ2) is 9.43. The number of nitrogens with zero attached hydrogens (tertiary/aromatic N) is 2. The third kappa shape index (κ3) is 3.78. The highest BCUT2D eigenvalue weighted by atomic mass is 32.1. The number of amides is 2. The number of thiophene rings is 1. The predicted molar refractivity (Wildman–Crippen MR) is 141 cm³/mol. The van der Waals surface area contributed by atoms with Gasteiger partial charge in [-0.15, -0.1) is 11.3 Å². The van der Waals surface area contributed by atoms with Crippen LogP contribution in [0.25, 0.3) is 0 Å². The van der Waals surface area contributed by atoms with Crippen LogP contribution < -0.4 is 9.96 Å². The number of ether oxygens (including phenoxy) is 1. The van der Waals surface area contributed by atoms with Gasteiger partial charge in [-0.25, -0.2) is 14.8 Å². The van der Waals surface area contributed by atoms with E-state index in [1.54, 1.807) is 12.0 Å². The summed E-state index contributed by atoms with van der Waals surface area (Å²) in [5.74, 6) is -2.00. The molecular formula is C29H28N2O5S. The molecule has 3 atom stereocenters. The number of esters is 1. The van der Waals surface area contributed by atoms with Crippen LogP contribution in [0, 0.1) is 12.8 Å². The summed E-state index contributed by atoms with van der Waals surface area (Å²) in [5.41, 5.74) is 3.98. The highest BCUT2D eigenvalue weighted by molar-refractivity contribution is 7.17. The van der Waals surface area contributed by atoms with Crippen LogP contribution in [0.15, 0.2) is 54.6 Å². The fourth-order valence-corrected chi connectivity index (χ4v) is 7.13. The fourth-order valence-electron chi connectivity index (χ4n) is 5.75. The number of para-hydroxylation sites is 1. The molecule has 190 valence electrons. The molecule has 0 saturated carbocycles. The number of hydrogen-bond donors (Lipinski definition) is 0. The van der Waals surface area contributed by atoms with Crippen molar-refractivity contribution in [3.05, 3.63) is 81.7 Å². The lowest BCUT2D eigenvalue weighted by Crippen LogP contribution is -2.38. The molecule has 2 fully saturated rings. The van der Waals surface area contributed by atoms with E-state index in [-0.39, 0.29) is 12.5 Å². The molecule has 0 bridgehead atoms. The Morgan fingerprint density at radius 2 is 1.76 bits per heavy atom. The molecule has 3 aromatic rings. The molecule has 2 amide bonds. The fraction of sp³-hybridized carbons (Fsp3) is 0.345. The van der Waals surface area contributed by atoms with Gasteiger partial charge in [0, 0.05) is 4.88 Å². The first-order chi connectivity index (χ1) is 18.0. The van der Waals surface area contributed by atoms with E-state index in [0.29, 0.717) is 10.6 Å². The number of carbonyl (C=O) groups excluding carboxylic acids is 3. The first kappa shape index (κ1) is 23.9. The molecule has 8 heteroatoms. The van der Waals surface area contributed by atoms with Crippen LogP contribution >= 0.6 is 11.3 Å². The zero-order valence-electron chi connectivity index (χ0n) is 20.8. The van der Waals surface area contributed by atoms with Crippen LogP contribution in [0.3, 0.4) is 0 Å². The van der Waals surface area contributed by atoms with Gasteiger partial charge in [-0.05, 0) is 62.3 Å². The van der Waals surface area contributed by atoms with Gasteiger partial charge >= 0.3 is 5.97 Å². The molecule has 6 rings (SSSR count). The van der Waals surface area contributed by atoms with Crippen molar-refractivity contribution >= 4 is 39.8 Å². The van der Waals surface area contributed by atoms with Crippen molar-refractivity contribution in [3.63, 3.8) is 0 Å². The zero-order valence-corrected chi connectivity index (χ0v) is 21.6. The number of fused-ring (bicyclic) bond motifs is 2. The molecule has 3 heterocycles. The summed E-state index contributed by atoms with van der Waals surface area (Å²) in [7, 11) is 0. The quantitative estimate of drug-likeness (QED) is 0.344. The predicted octanol–water partition coefficient (Wildman–Crippen LogP) is 5.16. The zero-order chi connectivity index (χ0) is 25.7. The maximum absolute atomic E-state index is 14.1. The summed E-state index contributed by atoms with van der Waals surface area (Å²) in [6.45, 7) is 3.96. The van der Waals surface area contributed by atoms with E-state index in [2.05, 4.69) is 0 Å². The van der Waals surface area contributed by atoms with Gasteiger partial charge in [0.1, 0.15) is 10.9 Å². The minimum atomic E-state index is -0.980. The number of aryl methyl sites for hydroxylation is 2. The van der Waals surface area contributed by atoms with Crippen LogP contribution in [0.1, 0.15) is 57.7 Å². The molecule has 0 spiro atoms. The first-order valence-electron chi connectivity index (χ1n) is 12.8. The summed E-state index contributed by atoms with van der Waals surface area (Å²) in [6.07, 6.45) is 2.58. The topological polar surface area (TPSA) is 76.2 Å². The molecular weight excluding hydrogens is 488 g/mol. The average molecular weight is 517 g/mol. The monoisotopic (exact) mass is 516 g/mol. The van der Waals surface area contributed by atoms with E-state index >= 15 is 0 Å². The Bertz CT molecular complexity index is 1380.